The van der Waals surface area contributed by atoms with Crippen LogP contribution in [0.25, 0.3) is 10.6 Å². The van der Waals surface area contributed by atoms with Gasteiger partial charge in [-0.2, -0.15) is 0 Å². The van der Waals surface area contributed by atoms with Gasteiger partial charge in [0.25, 0.3) is 0 Å². The lowest BCUT2D eigenvalue weighted by Crippen LogP contribution is -1.83. The predicted octanol–water partition coefficient (Wildman–Crippen LogP) is 3.95. The molecule has 0 spiro atoms. The molecular formula is C11H10Cl2N2S. The summed E-state index contributed by atoms with van der Waals surface area (Å²) in [5.74, 6) is 0.573. The van der Waals surface area contributed by atoms with Gasteiger partial charge in [-0.3, -0.25) is 0 Å². The lowest BCUT2D eigenvalue weighted by atomic mass is 10.1. The Balaban J connectivity index is 2.38. The SMILES string of the molecule is Cc1ccc(Cl)cc1-c1nnc(CCCl)s1. The summed E-state index contributed by atoms with van der Waals surface area (Å²) in [6.45, 7) is 2.04. The Hall–Kier alpha value is -0.640. The first-order chi connectivity index (χ1) is 7.70. The Kier molecular flexibility index (Phi) is 3.79. The molecule has 0 radical (unpaired) electrons. The zero-order chi connectivity index (χ0) is 11.5. The van der Waals surface area contributed by atoms with Gasteiger partial charge in [0, 0.05) is 22.9 Å². The molecule has 0 N–H and O–H groups in total. The van der Waals surface area contributed by atoms with Gasteiger partial charge in [0.2, 0.25) is 0 Å². The molecule has 0 aliphatic heterocycles. The van der Waals surface area contributed by atoms with Gasteiger partial charge in [-0.1, -0.05) is 29.0 Å². The first-order valence-corrected chi connectivity index (χ1v) is 6.58. The monoisotopic (exact) mass is 272 g/mol. The van der Waals surface area contributed by atoms with E-state index in [1.54, 1.807) is 11.3 Å². The van der Waals surface area contributed by atoms with Gasteiger partial charge in [0.15, 0.2) is 0 Å². The van der Waals surface area contributed by atoms with Crippen LogP contribution in [0.4, 0.5) is 0 Å². The zero-order valence-corrected chi connectivity index (χ0v) is 11.0. The van der Waals surface area contributed by atoms with E-state index in [-0.39, 0.29) is 0 Å². The molecule has 0 aliphatic carbocycles. The molecule has 0 amide bonds. The van der Waals surface area contributed by atoms with E-state index in [4.69, 9.17) is 23.2 Å². The van der Waals surface area contributed by atoms with Crippen LogP contribution in [0.1, 0.15) is 10.6 Å². The van der Waals surface area contributed by atoms with Crippen molar-refractivity contribution < 1.29 is 0 Å². The number of hydrogen-bond donors (Lipinski definition) is 0. The van der Waals surface area contributed by atoms with E-state index < -0.39 is 0 Å². The molecule has 0 atom stereocenters. The summed E-state index contributed by atoms with van der Waals surface area (Å²) < 4.78 is 0. The molecule has 2 nitrogen and oxygen atoms in total. The number of rotatable bonds is 3. The van der Waals surface area contributed by atoms with Crippen molar-refractivity contribution in [1.29, 1.82) is 0 Å². The summed E-state index contributed by atoms with van der Waals surface area (Å²) in [5, 5.41) is 10.8. The van der Waals surface area contributed by atoms with E-state index >= 15 is 0 Å². The van der Waals surface area contributed by atoms with E-state index in [1.165, 1.54) is 0 Å². The van der Waals surface area contributed by atoms with Crippen LogP contribution in [0.15, 0.2) is 18.2 Å². The summed E-state index contributed by atoms with van der Waals surface area (Å²) >= 11 is 13.2. The molecular weight excluding hydrogens is 263 g/mol. The van der Waals surface area contributed by atoms with E-state index in [0.29, 0.717) is 5.88 Å². The van der Waals surface area contributed by atoms with Crippen LogP contribution in [0.2, 0.25) is 5.02 Å². The van der Waals surface area contributed by atoms with Gasteiger partial charge in [-0.25, -0.2) is 0 Å². The number of alkyl halides is 1. The van der Waals surface area contributed by atoms with Crippen molar-refractivity contribution in [1.82, 2.24) is 10.2 Å². The number of aromatic nitrogens is 2. The fraction of sp³-hybridized carbons (Fsp3) is 0.273. The quantitative estimate of drug-likeness (QED) is 0.791. The molecule has 0 aliphatic rings. The molecule has 0 bridgehead atoms. The van der Waals surface area contributed by atoms with E-state index in [0.717, 1.165) is 32.6 Å². The highest BCUT2D eigenvalue weighted by atomic mass is 35.5. The molecule has 16 heavy (non-hydrogen) atoms. The molecule has 0 fully saturated rings. The first-order valence-electron chi connectivity index (χ1n) is 4.85. The second-order valence-corrected chi connectivity index (χ2v) is 5.28. The summed E-state index contributed by atoms with van der Waals surface area (Å²) in [5.41, 5.74) is 2.20. The molecule has 0 saturated heterocycles. The molecule has 1 heterocycles. The minimum atomic E-state index is 0.573. The number of hydrogen-bond acceptors (Lipinski definition) is 3. The maximum Gasteiger partial charge on any atom is 0.148 e. The zero-order valence-electron chi connectivity index (χ0n) is 8.70. The van der Waals surface area contributed by atoms with Gasteiger partial charge in [-0.05, 0) is 24.6 Å². The molecule has 1 aromatic carbocycles. The summed E-state index contributed by atoms with van der Waals surface area (Å²) in [6, 6.07) is 5.78. The maximum absolute atomic E-state index is 5.97. The third-order valence-corrected chi connectivity index (χ3v) is 3.65. The smallest absolute Gasteiger partial charge is 0.143 e. The lowest BCUT2D eigenvalue weighted by molar-refractivity contribution is 0.989. The normalized spacial score (nSPS) is 10.7. The Morgan fingerprint density at radius 3 is 2.88 bits per heavy atom. The summed E-state index contributed by atoms with van der Waals surface area (Å²) in [4.78, 5) is 0. The fourth-order valence-corrected chi connectivity index (χ4v) is 2.75. The first kappa shape index (κ1) is 11.8. The molecule has 0 unspecified atom stereocenters. The summed E-state index contributed by atoms with van der Waals surface area (Å²) in [7, 11) is 0. The van der Waals surface area contributed by atoms with Gasteiger partial charge in [0.1, 0.15) is 10.0 Å². The topological polar surface area (TPSA) is 25.8 Å². The van der Waals surface area contributed by atoms with Crippen molar-refractivity contribution in [2.24, 2.45) is 0 Å². The third-order valence-electron chi connectivity index (χ3n) is 2.21. The lowest BCUT2D eigenvalue weighted by Gasteiger charge is -2.01. The van der Waals surface area contributed by atoms with Crippen LogP contribution in [0.3, 0.4) is 0 Å². The van der Waals surface area contributed by atoms with Crippen LogP contribution in [0, 0.1) is 6.92 Å². The van der Waals surface area contributed by atoms with Crippen molar-refractivity contribution in [3.05, 3.63) is 33.8 Å². The van der Waals surface area contributed by atoms with Crippen molar-refractivity contribution in [3.8, 4) is 10.6 Å². The van der Waals surface area contributed by atoms with Crippen molar-refractivity contribution in [2.75, 3.05) is 5.88 Å². The maximum atomic E-state index is 5.97. The molecule has 2 rings (SSSR count). The molecule has 2 aromatic rings. The predicted molar refractivity (Wildman–Crippen MR) is 69.5 cm³/mol. The van der Waals surface area contributed by atoms with Gasteiger partial charge in [-0.15, -0.1) is 21.8 Å². The van der Waals surface area contributed by atoms with Crippen LogP contribution in [0.5, 0.6) is 0 Å². The highest BCUT2D eigenvalue weighted by Crippen LogP contribution is 2.29. The molecule has 0 saturated carbocycles. The second-order valence-electron chi connectivity index (χ2n) is 3.40. The standard InChI is InChI=1S/C11H10Cl2N2S/c1-7-2-3-8(13)6-9(7)11-15-14-10(16-11)4-5-12/h2-3,6H,4-5H2,1H3. The van der Waals surface area contributed by atoms with Gasteiger partial charge < -0.3 is 0 Å². The van der Waals surface area contributed by atoms with Gasteiger partial charge >= 0.3 is 0 Å². The molecule has 5 heteroatoms. The fourth-order valence-electron chi connectivity index (χ4n) is 1.37. The highest BCUT2D eigenvalue weighted by Gasteiger charge is 2.09. The van der Waals surface area contributed by atoms with E-state index in [9.17, 15) is 0 Å². The summed E-state index contributed by atoms with van der Waals surface area (Å²) in [6.07, 6.45) is 0.763. The third kappa shape index (κ3) is 2.54. The number of nitrogens with zero attached hydrogens (tertiary/aromatic N) is 2. The minimum absolute atomic E-state index is 0.573. The minimum Gasteiger partial charge on any atom is -0.143 e. The number of aryl methyl sites for hydroxylation is 2. The van der Waals surface area contributed by atoms with Crippen molar-refractivity contribution in [2.45, 2.75) is 13.3 Å². The Morgan fingerprint density at radius 1 is 1.31 bits per heavy atom. The van der Waals surface area contributed by atoms with Crippen LogP contribution < -0.4 is 0 Å². The average Bonchev–Trinajstić information content (AvgIpc) is 2.71. The highest BCUT2D eigenvalue weighted by molar-refractivity contribution is 7.14. The Bertz CT molecular complexity index is 496. The van der Waals surface area contributed by atoms with Gasteiger partial charge in [0.05, 0.1) is 0 Å². The van der Waals surface area contributed by atoms with Crippen LogP contribution in [-0.2, 0) is 6.42 Å². The molecule has 1 aromatic heterocycles. The Labute approximate surface area is 108 Å². The average molecular weight is 273 g/mol. The van der Waals surface area contributed by atoms with Crippen molar-refractivity contribution in [3.63, 3.8) is 0 Å². The number of benzene rings is 1. The molecule has 84 valence electrons. The largest absolute Gasteiger partial charge is 0.148 e. The van der Waals surface area contributed by atoms with Crippen molar-refractivity contribution >= 4 is 34.5 Å². The number of halogens is 2. The second kappa shape index (κ2) is 5.13. The van der Waals surface area contributed by atoms with E-state index in [1.807, 2.05) is 25.1 Å². The Morgan fingerprint density at radius 2 is 2.12 bits per heavy atom. The van der Waals surface area contributed by atoms with Crippen LogP contribution >= 0.6 is 34.5 Å². The van der Waals surface area contributed by atoms with Crippen LogP contribution in [-0.4, -0.2) is 16.1 Å². The van der Waals surface area contributed by atoms with E-state index in [2.05, 4.69) is 10.2 Å².